The molecule has 1 rings (SSSR count). The monoisotopic (exact) mass is 258 g/mol. The maximum atomic E-state index is 11.9. The predicted octanol–water partition coefficient (Wildman–Crippen LogP) is 0.814. The van der Waals surface area contributed by atoms with Crippen molar-refractivity contribution in [3.63, 3.8) is 0 Å². The molecule has 0 aliphatic carbocycles. The van der Waals surface area contributed by atoms with Gasteiger partial charge >= 0.3 is 0 Å². The molecule has 0 fully saturated rings. The summed E-state index contributed by atoms with van der Waals surface area (Å²) in [5.74, 6) is -0.267. The first-order valence-corrected chi connectivity index (χ1v) is 5.46. The first kappa shape index (κ1) is 13.9. The van der Waals surface area contributed by atoms with Crippen LogP contribution in [-0.2, 0) is 4.74 Å². The molecule has 0 aliphatic heterocycles. The number of aromatic nitrogens is 1. The quantitative estimate of drug-likeness (QED) is 0.849. The van der Waals surface area contributed by atoms with Crippen molar-refractivity contribution in [3.8, 4) is 0 Å². The Labute approximate surface area is 105 Å². The minimum Gasteiger partial charge on any atom is -0.389 e. The van der Waals surface area contributed by atoms with Crippen LogP contribution in [0, 0.1) is 0 Å². The fourth-order valence-corrected chi connectivity index (χ4v) is 1.45. The van der Waals surface area contributed by atoms with Gasteiger partial charge in [0.05, 0.1) is 17.7 Å². The SMILES string of the molecule is COCC(O)CN(C)C(=O)c1ccc(Cl)cn1. The maximum Gasteiger partial charge on any atom is 0.272 e. The summed E-state index contributed by atoms with van der Waals surface area (Å²) >= 11 is 5.68. The molecule has 0 saturated heterocycles. The lowest BCUT2D eigenvalue weighted by Crippen LogP contribution is -2.36. The topological polar surface area (TPSA) is 62.7 Å². The summed E-state index contributed by atoms with van der Waals surface area (Å²) in [6, 6.07) is 3.14. The fraction of sp³-hybridized carbons (Fsp3) is 0.455. The Morgan fingerprint density at radius 1 is 1.65 bits per heavy atom. The van der Waals surface area contributed by atoms with E-state index in [2.05, 4.69) is 4.98 Å². The number of aliphatic hydroxyl groups excluding tert-OH is 1. The summed E-state index contributed by atoms with van der Waals surface area (Å²) in [5, 5.41) is 9.97. The van der Waals surface area contributed by atoms with E-state index in [1.54, 1.807) is 19.2 Å². The molecule has 94 valence electrons. The second-order valence-electron chi connectivity index (χ2n) is 3.66. The highest BCUT2D eigenvalue weighted by molar-refractivity contribution is 6.30. The van der Waals surface area contributed by atoms with Gasteiger partial charge in [-0.3, -0.25) is 4.79 Å². The number of carbonyl (C=O) groups is 1. The number of likely N-dealkylation sites (N-methyl/N-ethyl adjacent to an activating group) is 1. The molecule has 1 aromatic rings. The predicted molar refractivity (Wildman–Crippen MR) is 64.1 cm³/mol. The fourth-order valence-electron chi connectivity index (χ4n) is 1.34. The van der Waals surface area contributed by atoms with Crippen molar-refractivity contribution >= 4 is 17.5 Å². The Morgan fingerprint density at radius 3 is 2.88 bits per heavy atom. The minimum absolute atomic E-state index is 0.186. The van der Waals surface area contributed by atoms with Crippen LogP contribution in [0.4, 0.5) is 0 Å². The Hall–Kier alpha value is -1.17. The van der Waals surface area contributed by atoms with E-state index in [1.807, 2.05) is 0 Å². The van der Waals surface area contributed by atoms with Gasteiger partial charge in [0.1, 0.15) is 5.69 Å². The van der Waals surface area contributed by atoms with E-state index in [-0.39, 0.29) is 19.1 Å². The third-order valence-corrected chi connectivity index (χ3v) is 2.36. The standard InChI is InChI=1S/C11H15ClN2O3/c1-14(6-9(15)7-17-2)11(16)10-4-3-8(12)5-13-10/h3-5,9,15H,6-7H2,1-2H3. The lowest BCUT2D eigenvalue weighted by molar-refractivity contribution is 0.0378. The molecule has 17 heavy (non-hydrogen) atoms. The third kappa shape index (κ3) is 4.30. The zero-order chi connectivity index (χ0) is 12.8. The van der Waals surface area contributed by atoms with Gasteiger partial charge in [-0.25, -0.2) is 4.98 Å². The molecule has 0 bridgehead atoms. The molecule has 0 aliphatic rings. The molecular formula is C11H15ClN2O3. The van der Waals surface area contributed by atoms with E-state index in [1.165, 1.54) is 18.2 Å². The van der Waals surface area contributed by atoms with E-state index in [4.69, 9.17) is 16.3 Å². The smallest absolute Gasteiger partial charge is 0.272 e. The van der Waals surface area contributed by atoms with Crippen molar-refractivity contribution in [1.29, 1.82) is 0 Å². The van der Waals surface area contributed by atoms with Crippen molar-refractivity contribution < 1.29 is 14.6 Å². The Balaban J connectivity index is 2.60. The van der Waals surface area contributed by atoms with Gasteiger partial charge in [0.15, 0.2) is 0 Å². The number of amides is 1. The Bertz CT molecular complexity index is 369. The highest BCUT2D eigenvalue weighted by Crippen LogP contribution is 2.08. The Morgan fingerprint density at radius 2 is 2.35 bits per heavy atom. The van der Waals surface area contributed by atoms with Crippen LogP contribution < -0.4 is 0 Å². The molecular weight excluding hydrogens is 244 g/mol. The number of methoxy groups -OCH3 is 1. The summed E-state index contributed by atoms with van der Waals surface area (Å²) in [4.78, 5) is 17.2. The summed E-state index contributed by atoms with van der Waals surface area (Å²) in [6.45, 7) is 0.378. The van der Waals surface area contributed by atoms with E-state index in [9.17, 15) is 9.90 Å². The van der Waals surface area contributed by atoms with Gasteiger partial charge in [-0.2, -0.15) is 0 Å². The van der Waals surface area contributed by atoms with Crippen molar-refractivity contribution in [1.82, 2.24) is 9.88 Å². The molecule has 6 heteroatoms. The summed E-state index contributed by atoms with van der Waals surface area (Å²) in [6.07, 6.45) is 0.704. The second-order valence-corrected chi connectivity index (χ2v) is 4.09. The average Bonchev–Trinajstić information content (AvgIpc) is 2.29. The largest absolute Gasteiger partial charge is 0.389 e. The first-order valence-electron chi connectivity index (χ1n) is 5.08. The van der Waals surface area contributed by atoms with Gasteiger partial charge in [-0.05, 0) is 12.1 Å². The molecule has 1 amide bonds. The molecule has 5 nitrogen and oxygen atoms in total. The molecule has 0 saturated carbocycles. The zero-order valence-corrected chi connectivity index (χ0v) is 10.5. The normalized spacial score (nSPS) is 12.2. The summed E-state index contributed by atoms with van der Waals surface area (Å²) in [5.41, 5.74) is 0.293. The van der Waals surface area contributed by atoms with Gasteiger partial charge < -0.3 is 14.7 Å². The van der Waals surface area contributed by atoms with Gasteiger partial charge in [0.2, 0.25) is 0 Å². The number of halogens is 1. The van der Waals surface area contributed by atoms with Crippen LogP contribution in [0.15, 0.2) is 18.3 Å². The lowest BCUT2D eigenvalue weighted by Gasteiger charge is -2.20. The number of ether oxygens (including phenoxy) is 1. The van der Waals surface area contributed by atoms with Gasteiger partial charge in [-0.15, -0.1) is 0 Å². The van der Waals surface area contributed by atoms with Crippen LogP contribution in [0.3, 0.4) is 0 Å². The van der Waals surface area contributed by atoms with Crippen LogP contribution in [-0.4, -0.2) is 54.3 Å². The number of aliphatic hydroxyl groups is 1. The van der Waals surface area contributed by atoms with E-state index < -0.39 is 6.10 Å². The third-order valence-electron chi connectivity index (χ3n) is 2.14. The van der Waals surface area contributed by atoms with Crippen LogP contribution in [0.5, 0.6) is 0 Å². The average molecular weight is 259 g/mol. The second kappa shape index (κ2) is 6.54. The summed E-state index contributed by atoms with van der Waals surface area (Å²) in [7, 11) is 3.09. The number of nitrogens with zero attached hydrogens (tertiary/aromatic N) is 2. The molecule has 1 heterocycles. The zero-order valence-electron chi connectivity index (χ0n) is 9.76. The van der Waals surface area contributed by atoms with Crippen LogP contribution in [0.25, 0.3) is 0 Å². The van der Waals surface area contributed by atoms with Crippen LogP contribution >= 0.6 is 11.6 Å². The number of rotatable bonds is 5. The van der Waals surface area contributed by atoms with Crippen LogP contribution in [0.2, 0.25) is 5.02 Å². The molecule has 0 spiro atoms. The van der Waals surface area contributed by atoms with Crippen LogP contribution in [0.1, 0.15) is 10.5 Å². The van der Waals surface area contributed by atoms with Gasteiger partial charge in [0, 0.05) is 26.9 Å². The van der Waals surface area contributed by atoms with Crippen molar-refractivity contribution in [2.75, 3.05) is 27.3 Å². The highest BCUT2D eigenvalue weighted by atomic mass is 35.5. The minimum atomic E-state index is -0.707. The number of hydrogen-bond acceptors (Lipinski definition) is 4. The van der Waals surface area contributed by atoms with Gasteiger partial charge in [-0.1, -0.05) is 11.6 Å². The molecule has 1 unspecified atom stereocenters. The molecule has 0 aromatic carbocycles. The lowest BCUT2D eigenvalue weighted by atomic mass is 10.3. The van der Waals surface area contributed by atoms with E-state index >= 15 is 0 Å². The van der Waals surface area contributed by atoms with Crippen molar-refractivity contribution in [2.45, 2.75) is 6.10 Å². The molecule has 1 aromatic heterocycles. The molecule has 1 N–H and O–H groups in total. The maximum absolute atomic E-state index is 11.9. The van der Waals surface area contributed by atoms with E-state index in [0.717, 1.165) is 0 Å². The number of pyridine rings is 1. The molecule has 1 atom stereocenters. The highest BCUT2D eigenvalue weighted by Gasteiger charge is 2.16. The van der Waals surface area contributed by atoms with Gasteiger partial charge in [0.25, 0.3) is 5.91 Å². The number of hydrogen-bond donors (Lipinski definition) is 1. The van der Waals surface area contributed by atoms with Crippen molar-refractivity contribution in [2.24, 2.45) is 0 Å². The number of carbonyl (C=O) groups excluding carboxylic acids is 1. The first-order chi connectivity index (χ1) is 8.04. The molecule has 0 radical (unpaired) electrons. The Kier molecular flexibility index (Phi) is 5.34. The van der Waals surface area contributed by atoms with Crippen molar-refractivity contribution in [3.05, 3.63) is 29.0 Å². The summed E-state index contributed by atoms with van der Waals surface area (Å²) < 4.78 is 4.78. The van der Waals surface area contributed by atoms with E-state index in [0.29, 0.717) is 10.7 Å².